The van der Waals surface area contributed by atoms with E-state index in [1.807, 2.05) is 0 Å². The third kappa shape index (κ3) is 8.26. The standard InChI is InChI=1S/C27H31F3N8O4.CH4/c1-26(2,3)18-8-11-20(12-9-18)37(15-16-4-6-17(7-5-16)23(39)32-24-33-35-36-34-24)25(40)31-19-10-13-22(38(41)42)21(14-19)27(28,29)30;/h4-7,10,13-14,18,20H,8-9,11-12,15H2,1-3H3,(H,31,40)(H2,32,33,34,35,36,39);1H4. The molecule has 3 amide bonds. The van der Waals surface area contributed by atoms with Gasteiger partial charge < -0.3 is 10.2 Å². The van der Waals surface area contributed by atoms with Crippen molar-refractivity contribution in [3.8, 4) is 0 Å². The molecule has 0 atom stereocenters. The molecule has 43 heavy (non-hydrogen) atoms. The highest BCUT2D eigenvalue weighted by atomic mass is 19.4. The highest BCUT2D eigenvalue weighted by Gasteiger charge is 2.39. The Hall–Kier alpha value is -4.56. The quantitative estimate of drug-likeness (QED) is 0.201. The molecule has 1 heterocycles. The summed E-state index contributed by atoms with van der Waals surface area (Å²) in [7, 11) is 0. The fraction of sp³-hybridized carbons (Fsp3) is 0.464. The number of urea groups is 1. The first-order chi connectivity index (χ1) is 19.7. The first-order valence-corrected chi connectivity index (χ1v) is 13.3. The first-order valence-electron chi connectivity index (χ1n) is 13.3. The van der Waals surface area contributed by atoms with E-state index >= 15 is 0 Å². The summed E-state index contributed by atoms with van der Waals surface area (Å²) in [4.78, 5) is 37.6. The minimum Gasteiger partial charge on any atom is -0.317 e. The zero-order valence-electron chi connectivity index (χ0n) is 23.2. The lowest BCUT2D eigenvalue weighted by Gasteiger charge is -2.41. The van der Waals surface area contributed by atoms with Gasteiger partial charge >= 0.3 is 12.2 Å². The van der Waals surface area contributed by atoms with E-state index in [9.17, 15) is 32.9 Å². The van der Waals surface area contributed by atoms with Crippen molar-refractivity contribution >= 4 is 29.3 Å². The van der Waals surface area contributed by atoms with Crippen molar-refractivity contribution in [1.29, 1.82) is 0 Å². The maximum atomic E-state index is 13.5. The normalized spacial score (nSPS) is 17.0. The number of amides is 3. The van der Waals surface area contributed by atoms with Gasteiger partial charge in [0, 0.05) is 29.9 Å². The van der Waals surface area contributed by atoms with Gasteiger partial charge in [-0.2, -0.15) is 18.4 Å². The van der Waals surface area contributed by atoms with E-state index in [-0.39, 0.29) is 37.1 Å². The van der Waals surface area contributed by atoms with Crippen LogP contribution in [0.4, 0.5) is 35.3 Å². The van der Waals surface area contributed by atoms with Gasteiger partial charge in [-0.1, -0.05) is 45.4 Å². The van der Waals surface area contributed by atoms with E-state index in [4.69, 9.17) is 0 Å². The number of anilines is 2. The summed E-state index contributed by atoms with van der Waals surface area (Å²) in [5.74, 6) is 0.00841. The van der Waals surface area contributed by atoms with Gasteiger partial charge in [-0.05, 0) is 72.1 Å². The number of aromatic nitrogens is 4. The zero-order chi connectivity index (χ0) is 30.7. The Morgan fingerprint density at radius 1 is 1.05 bits per heavy atom. The number of rotatable bonds is 7. The number of H-pyrrole nitrogens is 1. The predicted octanol–water partition coefficient (Wildman–Crippen LogP) is 6.65. The van der Waals surface area contributed by atoms with E-state index in [2.05, 4.69) is 52.0 Å². The largest absolute Gasteiger partial charge is 0.423 e. The highest BCUT2D eigenvalue weighted by Crippen LogP contribution is 2.40. The Kier molecular flexibility index (Phi) is 10.1. The Morgan fingerprint density at radius 2 is 1.70 bits per heavy atom. The Bertz CT molecular complexity index is 1420. The Morgan fingerprint density at radius 3 is 2.23 bits per heavy atom. The molecule has 1 aliphatic carbocycles. The van der Waals surface area contributed by atoms with Crippen molar-refractivity contribution in [3.05, 3.63) is 69.3 Å². The highest BCUT2D eigenvalue weighted by molar-refractivity contribution is 6.03. The van der Waals surface area contributed by atoms with E-state index in [1.54, 1.807) is 29.2 Å². The second-order valence-corrected chi connectivity index (χ2v) is 11.3. The second kappa shape index (κ2) is 13.2. The minimum atomic E-state index is -4.98. The van der Waals surface area contributed by atoms with Crippen LogP contribution in [-0.2, 0) is 12.7 Å². The molecule has 0 saturated heterocycles. The fourth-order valence-corrected chi connectivity index (χ4v) is 5.16. The van der Waals surface area contributed by atoms with Gasteiger partial charge in [-0.15, -0.1) is 5.10 Å². The molecule has 4 rings (SSSR count). The fourth-order valence-electron chi connectivity index (χ4n) is 5.16. The number of hydrogen-bond acceptors (Lipinski definition) is 7. The molecule has 0 aliphatic heterocycles. The van der Waals surface area contributed by atoms with Crippen molar-refractivity contribution in [1.82, 2.24) is 25.5 Å². The maximum absolute atomic E-state index is 13.5. The van der Waals surface area contributed by atoms with Gasteiger partial charge in [-0.25, -0.2) is 4.79 Å². The molecule has 3 N–H and O–H groups in total. The van der Waals surface area contributed by atoms with Crippen LogP contribution in [0.15, 0.2) is 42.5 Å². The van der Waals surface area contributed by atoms with Gasteiger partial charge in [0.05, 0.1) is 4.92 Å². The van der Waals surface area contributed by atoms with Crippen LogP contribution in [0.3, 0.4) is 0 Å². The summed E-state index contributed by atoms with van der Waals surface area (Å²) in [5.41, 5.74) is -1.64. The van der Waals surface area contributed by atoms with Crippen LogP contribution in [0.25, 0.3) is 0 Å². The van der Waals surface area contributed by atoms with Crippen LogP contribution in [0, 0.1) is 21.4 Å². The SMILES string of the molecule is C.CC(C)(C)C1CCC(N(Cc2ccc(C(=O)Nc3nn[nH]n3)cc2)C(=O)Nc2ccc([N+](=O)[O-])c(C(F)(F)F)c2)CC1. The lowest BCUT2D eigenvalue weighted by atomic mass is 9.71. The topological polar surface area (TPSA) is 159 Å². The molecule has 0 radical (unpaired) electrons. The third-order valence-corrected chi connectivity index (χ3v) is 7.51. The summed E-state index contributed by atoms with van der Waals surface area (Å²) in [6, 6.07) is 8.07. The minimum absolute atomic E-state index is 0. The third-order valence-electron chi connectivity index (χ3n) is 7.51. The van der Waals surface area contributed by atoms with Gasteiger partial charge in [0.1, 0.15) is 5.56 Å². The van der Waals surface area contributed by atoms with Gasteiger partial charge in [0.25, 0.3) is 17.5 Å². The average Bonchev–Trinajstić information content (AvgIpc) is 3.44. The van der Waals surface area contributed by atoms with Gasteiger partial charge in [0.2, 0.25) is 0 Å². The molecule has 1 saturated carbocycles. The van der Waals surface area contributed by atoms with Crippen LogP contribution in [0.1, 0.15) is 75.4 Å². The molecule has 1 aromatic heterocycles. The molecule has 0 spiro atoms. The smallest absolute Gasteiger partial charge is 0.317 e. The summed E-state index contributed by atoms with van der Waals surface area (Å²) < 4.78 is 40.6. The van der Waals surface area contributed by atoms with Crippen LogP contribution in [0.2, 0.25) is 0 Å². The zero-order valence-corrected chi connectivity index (χ0v) is 23.2. The van der Waals surface area contributed by atoms with Crippen molar-refractivity contribution < 1.29 is 27.7 Å². The van der Waals surface area contributed by atoms with Crippen molar-refractivity contribution in [2.75, 3.05) is 10.6 Å². The van der Waals surface area contributed by atoms with Crippen LogP contribution in [0.5, 0.6) is 0 Å². The number of alkyl halides is 3. The molecule has 0 unspecified atom stereocenters. The molecule has 15 heteroatoms. The van der Waals surface area contributed by atoms with E-state index in [0.29, 0.717) is 36.0 Å². The number of tetrazole rings is 1. The number of carbonyl (C=O) groups is 2. The van der Waals surface area contributed by atoms with Gasteiger partial charge in [-0.3, -0.25) is 20.2 Å². The Labute approximate surface area is 246 Å². The number of nitro groups is 1. The first kappa shape index (κ1) is 32.9. The molecule has 0 bridgehead atoms. The van der Waals surface area contributed by atoms with Crippen LogP contribution < -0.4 is 10.6 Å². The number of aromatic amines is 1. The maximum Gasteiger partial charge on any atom is 0.423 e. The average molecular weight is 605 g/mol. The van der Waals surface area contributed by atoms with Crippen LogP contribution in [-0.4, -0.2) is 48.4 Å². The van der Waals surface area contributed by atoms with E-state index in [1.165, 1.54) is 0 Å². The van der Waals surface area contributed by atoms with Gasteiger partial charge in [0.15, 0.2) is 0 Å². The summed E-state index contributed by atoms with van der Waals surface area (Å²) in [5, 5.41) is 29.1. The second-order valence-electron chi connectivity index (χ2n) is 11.3. The predicted molar refractivity (Wildman–Crippen MR) is 153 cm³/mol. The molecule has 1 fully saturated rings. The monoisotopic (exact) mass is 604 g/mol. The molecule has 2 aromatic carbocycles. The number of benzene rings is 2. The Balaban J connectivity index is 0.00000506. The molecule has 3 aromatic rings. The molecular formula is C28H35F3N8O4. The number of carbonyl (C=O) groups excluding carboxylic acids is 2. The lowest BCUT2D eigenvalue weighted by Crippen LogP contribution is -2.45. The molecule has 1 aliphatic rings. The van der Waals surface area contributed by atoms with Crippen molar-refractivity contribution in [2.24, 2.45) is 11.3 Å². The summed E-state index contributed by atoms with van der Waals surface area (Å²) in [6.07, 6.45) is -1.82. The lowest BCUT2D eigenvalue weighted by molar-refractivity contribution is -0.388. The van der Waals surface area contributed by atoms with Crippen molar-refractivity contribution in [3.63, 3.8) is 0 Å². The number of nitrogens with zero attached hydrogens (tertiary/aromatic N) is 5. The molecule has 232 valence electrons. The molecular weight excluding hydrogens is 569 g/mol. The van der Waals surface area contributed by atoms with Crippen molar-refractivity contribution in [2.45, 2.75) is 72.6 Å². The number of hydrogen-bond donors (Lipinski definition) is 3. The van der Waals surface area contributed by atoms with E-state index < -0.39 is 34.3 Å². The van der Waals surface area contributed by atoms with E-state index in [0.717, 1.165) is 25.0 Å². The van der Waals surface area contributed by atoms with Crippen LogP contribution >= 0.6 is 0 Å². The number of halogens is 3. The summed E-state index contributed by atoms with van der Waals surface area (Å²) >= 11 is 0. The summed E-state index contributed by atoms with van der Waals surface area (Å²) in [6.45, 7) is 6.64. The number of nitro benzene ring substituents is 1. The molecule has 12 nitrogen and oxygen atoms in total. The number of nitrogens with one attached hydrogen (secondary N) is 3.